The first-order valence-electron chi connectivity index (χ1n) is 6.21. The maximum absolute atomic E-state index is 11.7. The Morgan fingerprint density at radius 2 is 1.89 bits per heavy atom. The molecule has 2 rings (SSSR count). The average Bonchev–Trinajstić information content (AvgIpc) is 2.27. The third-order valence-corrected chi connectivity index (χ3v) is 3.07. The molecule has 1 aromatic carbocycles. The van der Waals surface area contributed by atoms with Crippen molar-refractivity contribution in [3.05, 3.63) is 29.8 Å². The van der Waals surface area contributed by atoms with E-state index in [-0.39, 0.29) is 18.2 Å². The molecule has 2 N–H and O–H groups in total. The number of likely N-dealkylation sites (tertiary alicyclic amines) is 1. The van der Waals surface area contributed by atoms with Gasteiger partial charge in [0, 0.05) is 24.3 Å². The summed E-state index contributed by atoms with van der Waals surface area (Å²) in [6.45, 7) is 4.56. The minimum atomic E-state index is -0.663. The average molecular weight is 262 g/mol. The van der Waals surface area contributed by atoms with E-state index in [0.29, 0.717) is 24.3 Å². The molecule has 0 spiro atoms. The number of carbonyl (C=O) groups is 2. The van der Waals surface area contributed by atoms with E-state index < -0.39 is 5.60 Å². The van der Waals surface area contributed by atoms with Crippen molar-refractivity contribution in [2.24, 2.45) is 0 Å². The lowest BCUT2D eigenvalue weighted by atomic mass is 9.97. The highest BCUT2D eigenvalue weighted by Crippen LogP contribution is 2.19. The van der Waals surface area contributed by atoms with Gasteiger partial charge in [0.05, 0.1) is 12.1 Å². The Bertz CT molecular complexity index is 486. The molecule has 5 nitrogen and oxygen atoms in total. The highest BCUT2D eigenvalue weighted by molar-refractivity contribution is 5.96. The number of rotatable bonds is 4. The first-order valence-corrected chi connectivity index (χ1v) is 6.21. The van der Waals surface area contributed by atoms with Gasteiger partial charge < -0.3 is 10.4 Å². The molecular weight excluding hydrogens is 244 g/mol. The molecule has 0 radical (unpaired) electrons. The van der Waals surface area contributed by atoms with Crippen LogP contribution in [0.25, 0.3) is 0 Å². The summed E-state index contributed by atoms with van der Waals surface area (Å²) < 4.78 is 0. The summed E-state index contributed by atoms with van der Waals surface area (Å²) in [6.07, 6.45) is 0. The maximum Gasteiger partial charge on any atom is 0.238 e. The topological polar surface area (TPSA) is 69.6 Å². The van der Waals surface area contributed by atoms with Crippen molar-refractivity contribution >= 4 is 17.4 Å². The smallest absolute Gasteiger partial charge is 0.238 e. The van der Waals surface area contributed by atoms with E-state index in [1.54, 1.807) is 31.2 Å². The molecule has 1 saturated heterocycles. The first-order chi connectivity index (χ1) is 8.85. The van der Waals surface area contributed by atoms with Crippen molar-refractivity contribution in [1.82, 2.24) is 4.90 Å². The molecule has 0 aliphatic carbocycles. The van der Waals surface area contributed by atoms with E-state index in [9.17, 15) is 14.7 Å². The van der Waals surface area contributed by atoms with Crippen LogP contribution in [0.3, 0.4) is 0 Å². The molecule has 1 amide bonds. The molecule has 0 aromatic heterocycles. The zero-order valence-electron chi connectivity index (χ0n) is 11.1. The lowest BCUT2D eigenvalue weighted by Crippen LogP contribution is -2.61. The number of anilines is 1. The van der Waals surface area contributed by atoms with Gasteiger partial charge in [-0.1, -0.05) is 0 Å². The van der Waals surface area contributed by atoms with Crippen LogP contribution in [0.4, 0.5) is 5.69 Å². The number of nitrogens with one attached hydrogen (secondary N) is 1. The molecule has 1 heterocycles. The predicted octanol–water partition coefficient (Wildman–Crippen LogP) is 0.894. The minimum Gasteiger partial charge on any atom is -0.388 e. The van der Waals surface area contributed by atoms with Gasteiger partial charge in [0.2, 0.25) is 5.91 Å². The summed E-state index contributed by atoms with van der Waals surface area (Å²) in [5, 5.41) is 12.3. The lowest BCUT2D eigenvalue weighted by Gasteiger charge is -2.43. The molecule has 1 aliphatic rings. The number of ketones is 1. The van der Waals surface area contributed by atoms with E-state index in [4.69, 9.17) is 0 Å². The number of nitrogens with zero attached hydrogens (tertiary/aromatic N) is 1. The van der Waals surface area contributed by atoms with Crippen molar-refractivity contribution < 1.29 is 14.7 Å². The molecular formula is C14H18N2O3. The standard InChI is InChI=1S/C14H18N2O3/c1-10(17)11-3-5-12(6-4-11)15-13(18)7-16-8-14(2,19)9-16/h3-6,19H,7-9H2,1-2H3,(H,15,18). The van der Waals surface area contributed by atoms with Gasteiger partial charge in [-0.2, -0.15) is 0 Å². The Morgan fingerprint density at radius 3 is 2.37 bits per heavy atom. The Labute approximate surface area is 112 Å². The van der Waals surface area contributed by atoms with Gasteiger partial charge in [0.1, 0.15) is 0 Å². The largest absolute Gasteiger partial charge is 0.388 e. The SMILES string of the molecule is CC(=O)c1ccc(NC(=O)CN2CC(C)(O)C2)cc1. The molecule has 1 aromatic rings. The van der Waals surface area contributed by atoms with Gasteiger partial charge in [0.25, 0.3) is 0 Å². The Hall–Kier alpha value is -1.72. The third kappa shape index (κ3) is 3.62. The number of amides is 1. The van der Waals surface area contributed by atoms with Crippen molar-refractivity contribution in [3.63, 3.8) is 0 Å². The lowest BCUT2D eigenvalue weighted by molar-refractivity contribution is -0.125. The highest BCUT2D eigenvalue weighted by Gasteiger charge is 2.37. The van der Waals surface area contributed by atoms with Crippen LogP contribution in [-0.4, -0.2) is 46.9 Å². The van der Waals surface area contributed by atoms with Gasteiger partial charge >= 0.3 is 0 Å². The molecule has 1 fully saturated rings. The zero-order chi connectivity index (χ0) is 14.0. The third-order valence-electron chi connectivity index (χ3n) is 3.07. The van der Waals surface area contributed by atoms with Crippen LogP contribution in [0.2, 0.25) is 0 Å². The molecule has 102 valence electrons. The zero-order valence-corrected chi connectivity index (χ0v) is 11.1. The number of carbonyl (C=O) groups excluding carboxylic acids is 2. The van der Waals surface area contributed by atoms with Crippen LogP contribution in [0.5, 0.6) is 0 Å². The second-order valence-electron chi connectivity index (χ2n) is 5.32. The minimum absolute atomic E-state index is 0.000636. The molecule has 0 saturated carbocycles. The fourth-order valence-corrected chi connectivity index (χ4v) is 2.22. The van der Waals surface area contributed by atoms with Gasteiger partial charge in [-0.3, -0.25) is 14.5 Å². The number of aliphatic hydroxyl groups is 1. The molecule has 0 atom stereocenters. The number of Topliss-reactive ketones (excluding diaryl/α,β-unsaturated/α-hetero) is 1. The van der Waals surface area contributed by atoms with E-state index in [1.165, 1.54) is 6.92 Å². The second-order valence-corrected chi connectivity index (χ2v) is 5.32. The molecule has 0 bridgehead atoms. The summed E-state index contributed by atoms with van der Waals surface area (Å²) in [6, 6.07) is 6.79. The van der Waals surface area contributed by atoms with E-state index in [0.717, 1.165) is 0 Å². The second kappa shape index (κ2) is 5.11. The summed E-state index contributed by atoms with van der Waals surface area (Å²) >= 11 is 0. The number of hydrogen-bond acceptors (Lipinski definition) is 4. The molecule has 1 aliphatic heterocycles. The fourth-order valence-electron chi connectivity index (χ4n) is 2.22. The van der Waals surface area contributed by atoms with Crippen LogP contribution in [0.15, 0.2) is 24.3 Å². The Kier molecular flexibility index (Phi) is 3.68. The monoisotopic (exact) mass is 262 g/mol. The van der Waals surface area contributed by atoms with E-state index in [1.807, 2.05) is 4.90 Å². The van der Waals surface area contributed by atoms with Gasteiger partial charge in [-0.25, -0.2) is 0 Å². The van der Waals surface area contributed by atoms with Gasteiger partial charge in [0.15, 0.2) is 5.78 Å². The summed E-state index contributed by atoms with van der Waals surface area (Å²) in [5.74, 6) is -0.119. The predicted molar refractivity (Wildman–Crippen MR) is 72.1 cm³/mol. The molecule has 5 heteroatoms. The van der Waals surface area contributed by atoms with Crippen LogP contribution < -0.4 is 5.32 Å². The highest BCUT2D eigenvalue weighted by atomic mass is 16.3. The first kappa shape index (κ1) is 13.7. The van der Waals surface area contributed by atoms with Crippen LogP contribution in [-0.2, 0) is 4.79 Å². The van der Waals surface area contributed by atoms with Crippen LogP contribution >= 0.6 is 0 Å². The van der Waals surface area contributed by atoms with Crippen molar-refractivity contribution in [3.8, 4) is 0 Å². The van der Waals surface area contributed by atoms with Gasteiger partial charge in [-0.15, -0.1) is 0 Å². The quantitative estimate of drug-likeness (QED) is 0.791. The van der Waals surface area contributed by atoms with E-state index >= 15 is 0 Å². The molecule has 0 unspecified atom stereocenters. The Morgan fingerprint density at radius 1 is 1.32 bits per heavy atom. The fraction of sp³-hybridized carbons (Fsp3) is 0.429. The van der Waals surface area contributed by atoms with Crippen molar-refractivity contribution in [2.45, 2.75) is 19.4 Å². The van der Waals surface area contributed by atoms with Crippen LogP contribution in [0.1, 0.15) is 24.2 Å². The maximum atomic E-state index is 11.7. The number of hydrogen-bond donors (Lipinski definition) is 2. The summed E-state index contributed by atoms with van der Waals surface area (Å²) in [5.41, 5.74) is 0.628. The summed E-state index contributed by atoms with van der Waals surface area (Å²) in [7, 11) is 0. The normalized spacial score (nSPS) is 17.6. The van der Waals surface area contributed by atoms with Crippen molar-refractivity contribution in [1.29, 1.82) is 0 Å². The van der Waals surface area contributed by atoms with E-state index in [2.05, 4.69) is 5.32 Å². The summed E-state index contributed by atoms with van der Waals surface area (Å²) in [4.78, 5) is 24.7. The number of benzene rings is 1. The Balaban J connectivity index is 1.84. The number of β-amino-alcohol motifs (C(OH)–C–C–N with tert-alkyl or cyclic N) is 1. The van der Waals surface area contributed by atoms with Crippen molar-refractivity contribution in [2.75, 3.05) is 25.0 Å². The molecule has 19 heavy (non-hydrogen) atoms. The van der Waals surface area contributed by atoms with Crippen LogP contribution in [0, 0.1) is 0 Å². The van der Waals surface area contributed by atoms with Gasteiger partial charge in [-0.05, 0) is 38.1 Å².